The predicted octanol–water partition coefficient (Wildman–Crippen LogP) is 5.22. The summed E-state index contributed by atoms with van der Waals surface area (Å²) in [5.41, 5.74) is 0.0721. The van der Waals surface area contributed by atoms with Gasteiger partial charge in [-0.25, -0.2) is 9.59 Å². The van der Waals surface area contributed by atoms with Crippen LogP contribution < -0.4 is 5.32 Å². The number of Topliss-reactive ketones (excluding diaryl/α,β-unsaturated/α-hetero) is 2. The van der Waals surface area contributed by atoms with Crippen molar-refractivity contribution in [1.82, 2.24) is 5.32 Å². The Kier molecular flexibility index (Phi) is 19.5. The van der Waals surface area contributed by atoms with E-state index in [1.165, 1.54) is 14.2 Å². The summed E-state index contributed by atoms with van der Waals surface area (Å²) >= 11 is 0. The van der Waals surface area contributed by atoms with Crippen LogP contribution >= 0.6 is 0 Å². The maximum Gasteiger partial charge on any atom is 0.408 e. The summed E-state index contributed by atoms with van der Waals surface area (Å²) in [6, 6.07) is -1.25. The Hall–Kier alpha value is -4.17. The van der Waals surface area contributed by atoms with E-state index in [2.05, 4.69) is 10.2 Å². The third-order valence-corrected chi connectivity index (χ3v) is 7.27. The van der Waals surface area contributed by atoms with E-state index in [-0.39, 0.29) is 42.7 Å². The molecule has 1 aliphatic rings. The molecule has 0 saturated heterocycles. The molecule has 0 bridgehead atoms. The fourth-order valence-electron chi connectivity index (χ4n) is 4.78. The van der Waals surface area contributed by atoms with Crippen molar-refractivity contribution in [3.05, 3.63) is 32.8 Å². The smallest absolute Gasteiger partial charge is 0.408 e. The molecule has 0 saturated carbocycles. The molecule has 0 fully saturated rings. The average Bonchev–Trinajstić information content (AvgIpc) is 3.01. The van der Waals surface area contributed by atoms with Crippen LogP contribution in [0.5, 0.6) is 0 Å². The molecule has 0 aromatic carbocycles. The standard InChI is InChI=1S/C33H52N2O13/c1-23-24(28(38)30(44-6)29(43-5)27(23)37)18-14-11-9-7-8-10-12-16-20-45-31(39)25(34-32(40)48-33(2,3)4)22-46-26(36)19-15-13-17-21-47-35(41)42/h25H,7-22H2,1-6H3,(H,34,40). The highest BCUT2D eigenvalue weighted by Crippen LogP contribution is 2.29. The van der Waals surface area contributed by atoms with E-state index in [0.29, 0.717) is 43.3 Å². The maximum absolute atomic E-state index is 12.7. The number of rotatable bonds is 24. The number of esters is 2. The second-order valence-electron chi connectivity index (χ2n) is 12.3. The number of unbranched alkanes of at least 4 members (excludes halogenated alkanes) is 9. The normalized spacial score (nSPS) is 14.0. The Morgan fingerprint density at radius 1 is 0.792 bits per heavy atom. The number of ether oxygens (including phenoxy) is 5. The molecule has 48 heavy (non-hydrogen) atoms. The molecule has 0 heterocycles. The maximum atomic E-state index is 12.7. The van der Waals surface area contributed by atoms with E-state index < -0.39 is 41.4 Å². The van der Waals surface area contributed by atoms with Gasteiger partial charge in [0, 0.05) is 17.6 Å². The van der Waals surface area contributed by atoms with Gasteiger partial charge in [-0.2, -0.15) is 0 Å². The van der Waals surface area contributed by atoms with Gasteiger partial charge in [-0.15, -0.1) is 10.1 Å². The summed E-state index contributed by atoms with van der Waals surface area (Å²) in [6.45, 7) is 6.30. The first-order valence-corrected chi connectivity index (χ1v) is 16.4. The van der Waals surface area contributed by atoms with E-state index in [0.717, 1.165) is 44.9 Å². The molecule has 1 aliphatic carbocycles. The highest BCUT2D eigenvalue weighted by atomic mass is 16.9. The molecule has 1 amide bonds. The van der Waals surface area contributed by atoms with Gasteiger partial charge in [-0.1, -0.05) is 44.9 Å². The first kappa shape index (κ1) is 41.9. The van der Waals surface area contributed by atoms with Crippen LogP contribution in [0.25, 0.3) is 0 Å². The lowest BCUT2D eigenvalue weighted by molar-refractivity contribution is -0.757. The van der Waals surface area contributed by atoms with Crippen molar-refractivity contribution in [2.45, 2.75) is 123 Å². The zero-order valence-electron chi connectivity index (χ0n) is 29.1. The number of ketones is 2. The van der Waals surface area contributed by atoms with Crippen LogP contribution in [0.3, 0.4) is 0 Å². The Bertz CT molecular complexity index is 1170. The molecule has 1 unspecified atom stereocenters. The van der Waals surface area contributed by atoms with Gasteiger partial charge in [0.15, 0.2) is 6.04 Å². The largest absolute Gasteiger partial charge is 0.489 e. The van der Waals surface area contributed by atoms with Gasteiger partial charge in [0.05, 0.1) is 27.4 Å². The van der Waals surface area contributed by atoms with Crippen molar-refractivity contribution in [2.24, 2.45) is 0 Å². The molecule has 0 aromatic heterocycles. The Labute approximate surface area is 282 Å². The molecule has 1 N–H and O–H groups in total. The zero-order chi connectivity index (χ0) is 36.1. The van der Waals surface area contributed by atoms with Gasteiger partial charge in [-0.3, -0.25) is 14.4 Å². The lowest BCUT2D eigenvalue weighted by atomic mass is 9.89. The van der Waals surface area contributed by atoms with E-state index in [1.807, 2.05) is 0 Å². The van der Waals surface area contributed by atoms with E-state index in [4.69, 9.17) is 23.7 Å². The van der Waals surface area contributed by atoms with Crippen LogP contribution in [0.15, 0.2) is 22.7 Å². The van der Waals surface area contributed by atoms with Crippen molar-refractivity contribution in [3.63, 3.8) is 0 Å². The summed E-state index contributed by atoms with van der Waals surface area (Å²) in [5, 5.41) is 11.7. The van der Waals surface area contributed by atoms with Crippen LogP contribution in [0.2, 0.25) is 0 Å². The number of alkyl carbamates (subject to hydrolysis) is 1. The lowest BCUT2D eigenvalue weighted by Gasteiger charge is -2.23. The molecule has 272 valence electrons. The van der Waals surface area contributed by atoms with Crippen LogP contribution in [-0.2, 0) is 47.7 Å². The van der Waals surface area contributed by atoms with Gasteiger partial charge in [0.25, 0.3) is 5.09 Å². The first-order chi connectivity index (χ1) is 22.7. The van der Waals surface area contributed by atoms with Crippen molar-refractivity contribution in [1.29, 1.82) is 0 Å². The fraction of sp³-hybridized carbons (Fsp3) is 0.727. The Morgan fingerprint density at radius 3 is 1.92 bits per heavy atom. The summed E-state index contributed by atoms with van der Waals surface area (Å²) in [7, 11) is 2.68. The number of nitrogens with zero attached hydrogens (tertiary/aromatic N) is 1. The topological polar surface area (TPSA) is 196 Å². The van der Waals surface area contributed by atoms with Gasteiger partial charge in [0.1, 0.15) is 12.2 Å². The molecule has 0 aromatic rings. The summed E-state index contributed by atoms with van der Waals surface area (Å²) in [6.07, 6.45) is 8.05. The molecule has 15 nitrogen and oxygen atoms in total. The molecule has 15 heteroatoms. The van der Waals surface area contributed by atoms with Crippen molar-refractivity contribution < 1.29 is 57.6 Å². The minimum atomic E-state index is -1.25. The highest BCUT2D eigenvalue weighted by Gasteiger charge is 2.34. The lowest BCUT2D eigenvalue weighted by Crippen LogP contribution is -2.47. The SMILES string of the molecule is COC1=C(OC)C(=O)C(CCCCCCCCCCOC(=O)C(COC(=O)CCCCCO[N+](=O)[O-])NC(=O)OC(C)(C)C)=C(C)C1=O. The highest BCUT2D eigenvalue weighted by molar-refractivity contribution is 6.23. The number of carbonyl (C=O) groups excluding carboxylic acids is 5. The quantitative estimate of drug-likeness (QED) is 0.0347. The van der Waals surface area contributed by atoms with E-state index in [1.54, 1.807) is 27.7 Å². The van der Waals surface area contributed by atoms with Gasteiger partial charge in [0.2, 0.25) is 23.1 Å². The molecule has 1 rings (SSSR count). The van der Waals surface area contributed by atoms with Crippen LogP contribution in [0.4, 0.5) is 4.79 Å². The molecular weight excluding hydrogens is 632 g/mol. The number of methoxy groups -OCH3 is 2. The number of amides is 1. The minimum absolute atomic E-state index is 0.0353. The van der Waals surface area contributed by atoms with Crippen LogP contribution in [0, 0.1) is 10.1 Å². The first-order valence-electron chi connectivity index (χ1n) is 16.4. The monoisotopic (exact) mass is 684 g/mol. The Morgan fingerprint density at radius 2 is 1.33 bits per heavy atom. The molecule has 0 radical (unpaired) electrons. The number of hydrogen-bond donors (Lipinski definition) is 1. The minimum Gasteiger partial charge on any atom is -0.489 e. The third kappa shape index (κ3) is 16.6. The summed E-state index contributed by atoms with van der Waals surface area (Å²) in [5.74, 6) is -2.06. The average molecular weight is 685 g/mol. The fourth-order valence-corrected chi connectivity index (χ4v) is 4.78. The second kappa shape index (κ2) is 22.4. The second-order valence-corrected chi connectivity index (χ2v) is 12.3. The summed E-state index contributed by atoms with van der Waals surface area (Å²) < 4.78 is 25.9. The molecule has 1 atom stereocenters. The summed E-state index contributed by atoms with van der Waals surface area (Å²) in [4.78, 5) is 76.7. The van der Waals surface area contributed by atoms with Crippen molar-refractivity contribution >= 4 is 29.6 Å². The third-order valence-electron chi connectivity index (χ3n) is 7.27. The van der Waals surface area contributed by atoms with Gasteiger partial charge >= 0.3 is 18.0 Å². The predicted molar refractivity (Wildman–Crippen MR) is 172 cm³/mol. The Balaban J connectivity index is 2.34. The van der Waals surface area contributed by atoms with E-state index in [9.17, 15) is 34.1 Å². The molecule has 0 spiro atoms. The number of nitrogens with one attached hydrogen (secondary N) is 1. The van der Waals surface area contributed by atoms with Crippen LogP contribution in [0.1, 0.15) is 111 Å². The zero-order valence-corrected chi connectivity index (χ0v) is 29.1. The van der Waals surface area contributed by atoms with Crippen molar-refractivity contribution in [3.8, 4) is 0 Å². The molecule has 0 aliphatic heterocycles. The van der Waals surface area contributed by atoms with Gasteiger partial charge in [-0.05, 0) is 59.8 Å². The van der Waals surface area contributed by atoms with Crippen LogP contribution in [-0.4, -0.2) is 80.4 Å². The number of hydrogen-bond acceptors (Lipinski definition) is 13. The number of carbonyl (C=O) groups is 5. The van der Waals surface area contributed by atoms with Crippen molar-refractivity contribution in [2.75, 3.05) is 34.0 Å². The van der Waals surface area contributed by atoms with E-state index >= 15 is 0 Å². The van der Waals surface area contributed by atoms with Gasteiger partial charge < -0.3 is 33.8 Å². The number of allylic oxidation sites excluding steroid dienone is 2. The molecular formula is C33H52N2O13.